The van der Waals surface area contributed by atoms with E-state index in [1.165, 1.54) is 0 Å². The van der Waals surface area contributed by atoms with E-state index in [0.29, 0.717) is 18.5 Å². The molecule has 10 nitrogen and oxygen atoms in total. The summed E-state index contributed by atoms with van der Waals surface area (Å²) < 4.78 is 34.7. The van der Waals surface area contributed by atoms with Crippen LogP contribution >= 0.6 is 0 Å². The highest BCUT2D eigenvalue weighted by molar-refractivity contribution is 7.89. The van der Waals surface area contributed by atoms with Crippen molar-refractivity contribution in [1.82, 2.24) is 30.2 Å². The van der Waals surface area contributed by atoms with Gasteiger partial charge in [0.15, 0.2) is 11.5 Å². The quantitative estimate of drug-likeness (QED) is 0.737. The van der Waals surface area contributed by atoms with Crippen LogP contribution in [-0.2, 0) is 10.0 Å². The second-order valence-corrected chi connectivity index (χ2v) is 9.14. The summed E-state index contributed by atoms with van der Waals surface area (Å²) >= 11 is 0. The van der Waals surface area contributed by atoms with Crippen molar-refractivity contribution in [3.63, 3.8) is 0 Å². The van der Waals surface area contributed by atoms with Crippen molar-refractivity contribution in [2.75, 3.05) is 0 Å². The standard InChI is InChI=1S/C17H26N6O4S/c1-10(2)18-17(24)15-9-23(22-19-15)14-7-5-13(6-8-14)21-28(25,26)16-11(3)20-27-12(16)4/h9-10,13-14,21H,5-8H2,1-4H3,(H,18,24). The fourth-order valence-corrected chi connectivity index (χ4v) is 5.12. The fourth-order valence-electron chi connectivity index (χ4n) is 3.49. The van der Waals surface area contributed by atoms with Gasteiger partial charge in [0.05, 0.1) is 12.2 Å². The monoisotopic (exact) mass is 410 g/mol. The molecular formula is C17H26N6O4S. The third-order valence-electron chi connectivity index (χ3n) is 4.79. The molecule has 2 aromatic heterocycles. The highest BCUT2D eigenvalue weighted by Crippen LogP contribution is 2.29. The number of aryl methyl sites for hydroxylation is 2. The summed E-state index contributed by atoms with van der Waals surface area (Å²) in [5.41, 5.74) is 0.642. The summed E-state index contributed by atoms with van der Waals surface area (Å²) in [6.45, 7) is 6.96. The number of carbonyl (C=O) groups excluding carboxylic acids is 1. The Labute approximate surface area is 164 Å². The van der Waals surface area contributed by atoms with Crippen LogP contribution in [0.5, 0.6) is 0 Å². The van der Waals surface area contributed by atoms with Crippen molar-refractivity contribution < 1.29 is 17.7 Å². The first kappa shape index (κ1) is 20.5. The number of nitrogens with zero attached hydrogens (tertiary/aromatic N) is 4. The van der Waals surface area contributed by atoms with Crippen LogP contribution in [0.15, 0.2) is 15.6 Å². The van der Waals surface area contributed by atoms with Crippen LogP contribution in [0.25, 0.3) is 0 Å². The third-order valence-corrected chi connectivity index (χ3v) is 6.56. The van der Waals surface area contributed by atoms with Crippen molar-refractivity contribution in [1.29, 1.82) is 0 Å². The Bertz CT molecular complexity index is 921. The predicted octanol–water partition coefficient (Wildman–Crippen LogP) is 1.48. The molecule has 0 radical (unpaired) electrons. The second-order valence-electron chi connectivity index (χ2n) is 7.49. The van der Waals surface area contributed by atoms with Crippen molar-refractivity contribution in [3.8, 4) is 0 Å². The summed E-state index contributed by atoms with van der Waals surface area (Å²) in [7, 11) is -3.67. The molecule has 11 heteroatoms. The van der Waals surface area contributed by atoms with Crippen molar-refractivity contribution >= 4 is 15.9 Å². The Morgan fingerprint density at radius 1 is 1.25 bits per heavy atom. The molecule has 0 atom stereocenters. The van der Waals surface area contributed by atoms with Gasteiger partial charge in [0, 0.05) is 12.1 Å². The number of hydrogen-bond donors (Lipinski definition) is 2. The Balaban J connectivity index is 1.59. The smallest absolute Gasteiger partial charge is 0.273 e. The van der Waals surface area contributed by atoms with E-state index in [4.69, 9.17) is 4.52 Å². The van der Waals surface area contributed by atoms with Gasteiger partial charge < -0.3 is 9.84 Å². The molecule has 0 unspecified atom stereocenters. The first-order chi connectivity index (χ1) is 13.2. The number of nitrogens with one attached hydrogen (secondary N) is 2. The Morgan fingerprint density at radius 2 is 1.93 bits per heavy atom. The lowest BCUT2D eigenvalue weighted by molar-refractivity contribution is 0.0938. The fraction of sp³-hybridized carbons (Fsp3) is 0.647. The number of carbonyl (C=O) groups is 1. The minimum atomic E-state index is -3.67. The Morgan fingerprint density at radius 3 is 2.50 bits per heavy atom. The number of rotatable bonds is 6. The van der Waals surface area contributed by atoms with E-state index in [2.05, 4.69) is 25.5 Å². The highest BCUT2D eigenvalue weighted by Gasteiger charge is 2.30. The summed E-state index contributed by atoms with van der Waals surface area (Å²) in [5, 5.41) is 14.5. The van der Waals surface area contributed by atoms with Gasteiger partial charge in [-0.25, -0.2) is 17.8 Å². The van der Waals surface area contributed by atoms with Gasteiger partial charge in [-0.15, -0.1) is 5.10 Å². The van der Waals surface area contributed by atoms with E-state index in [1.807, 2.05) is 13.8 Å². The van der Waals surface area contributed by atoms with Crippen molar-refractivity contribution in [3.05, 3.63) is 23.3 Å². The van der Waals surface area contributed by atoms with Gasteiger partial charge in [-0.2, -0.15) is 0 Å². The van der Waals surface area contributed by atoms with Gasteiger partial charge in [-0.05, 0) is 53.4 Å². The lowest BCUT2D eigenvalue weighted by Crippen LogP contribution is -2.38. The van der Waals surface area contributed by atoms with E-state index in [-0.39, 0.29) is 40.4 Å². The Kier molecular flexibility index (Phi) is 5.84. The molecule has 1 aliphatic rings. The van der Waals surface area contributed by atoms with E-state index in [1.54, 1.807) is 24.7 Å². The van der Waals surface area contributed by atoms with Gasteiger partial charge in [-0.3, -0.25) is 4.79 Å². The zero-order valence-corrected chi connectivity index (χ0v) is 17.3. The van der Waals surface area contributed by atoms with E-state index in [9.17, 15) is 13.2 Å². The predicted molar refractivity (Wildman–Crippen MR) is 100 cm³/mol. The summed E-state index contributed by atoms with van der Waals surface area (Å²) in [6, 6.07) is -0.0473. The topological polar surface area (TPSA) is 132 Å². The Hall–Kier alpha value is -2.27. The molecule has 2 N–H and O–H groups in total. The molecular weight excluding hydrogens is 384 g/mol. The summed E-state index contributed by atoms with van der Waals surface area (Å²) in [5.74, 6) is 0.0377. The normalized spacial score (nSPS) is 20.5. The average Bonchev–Trinajstić information content (AvgIpc) is 3.22. The number of aromatic nitrogens is 4. The van der Waals surface area contributed by atoms with E-state index < -0.39 is 10.0 Å². The molecule has 2 heterocycles. The summed E-state index contributed by atoms with van der Waals surface area (Å²) in [4.78, 5) is 12.1. The molecule has 1 aliphatic carbocycles. The molecule has 3 rings (SSSR count). The van der Waals surface area contributed by atoms with Crippen molar-refractivity contribution in [2.24, 2.45) is 0 Å². The first-order valence-corrected chi connectivity index (χ1v) is 10.8. The number of sulfonamides is 1. The zero-order valence-electron chi connectivity index (χ0n) is 16.5. The highest BCUT2D eigenvalue weighted by atomic mass is 32.2. The minimum Gasteiger partial charge on any atom is -0.360 e. The molecule has 0 aromatic carbocycles. The van der Waals surface area contributed by atoms with Crippen LogP contribution in [0.4, 0.5) is 0 Å². The van der Waals surface area contributed by atoms with Crippen LogP contribution in [0.1, 0.15) is 67.5 Å². The average molecular weight is 411 g/mol. The molecule has 1 amide bonds. The minimum absolute atomic E-state index is 0.0267. The SMILES string of the molecule is Cc1noc(C)c1S(=O)(=O)NC1CCC(n2cc(C(=O)NC(C)C)nn2)CC1. The van der Waals surface area contributed by atoms with E-state index >= 15 is 0 Å². The largest absolute Gasteiger partial charge is 0.360 e. The molecule has 28 heavy (non-hydrogen) atoms. The van der Waals surface area contributed by atoms with Crippen molar-refractivity contribution in [2.45, 2.75) is 76.4 Å². The molecule has 2 aromatic rings. The van der Waals surface area contributed by atoms with Crippen LogP contribution < -0.4 is 10.0 Å². The molecule has 0 spiro atoms. The van der Waals surface area contributed by atoms with Crippen LogP contribution in [-0.4, -0.2) is 46.6 Å². The summed E-state index contributed by atoms with van der Waals surface area (Å²) in [6.07, 6.45) is 4.46. The maximum atomic E-state index is 12.6. The number of hydrogen-bond acceptors (Lipinski definition) is 7. The van der Waals surface area contributed by atoms with Gasteiger partial charge in [-0.1, -0.05) is 10.4 Å². The maximum absolute atomic E-state index is 12.6. The molecule has 0 bridgehead atoms. The van der Waals surface area contributed by atoms with E-state index in [0.717, 1.165) is 12.8 Å². The number of amides is 1. The van der Waals surface area contributed by atoms with Crippen LogP contribution in [0.3, 0.4) is 0 Å². The molecule has 0 aliphatic heterocycles. The first-order valence-electron chi connectivity index (χ1n) is 9.35. The third kappa shape index (κ3) is 4.41. The maximum Gasteiger partial charge on any atom is 0.273 e. The zero-order chi connectivity index (χ0) is 20.5. The molecule has 1 fully saturated rings. The van der Waals surface area contributed by atoms with Crippen LogP contribution in [0, 0.1) is 13.8 Å². The van der Waals surface area contributed by atoms with Gasteiger partial charge in [0.2, 0.25) is 10.0 Å². The second kappa shape index (κ2) is 8.00. The molecule has 1 saturated carbocycles. The molecule has 0 saturated heterocycles. The lowest BCUT2D eigenvalue weighted by atomic mass is 9.92. The van der Waals surface area contributed by atoms with Gasteiger partial charge in [0.1, 0.15) is 10.6 Å². The molecule has 154 valence electrons. The van der Waals surface area contributed by atoms with Gasteiger partial charge >= 0.3 is 0 Å². The lowest BCUT2D eigenvalue weighted by Gasteiger charge is -2.28. The van der Waals surface area contributed by atoms with Crippen LogP contribution in [0.2, 0.25) is 0 Å². The van der Waals surface area contributed by atoms with Gasteiger partial charge in [0.25, 0.3) is 5.91 Å².